The first-order valence-electron chi connectivity index (χ1n) is 5.26. The number of aryl methyl sites for hydroxylation is 1. The summed E-state index contributed by atoms with van der Waals surface area (Å²) in [5.74, 6) is 0.725. The lowest BCUT2D eigenvalue weighted by atomic mass is 9.87. The van der Waals surface area contributed by atoms with Gasteiger partial charge in [-0.2, -0.15) is 5.10 Å². The number of nitrogens with zero attached hydrogens (tertiary/aromatic N) is 3. The van der Waals surface area contributed by atoms with Gasteiger partial charge in [0.2, 0.25) is 5.91 Å². The fourth-order valence-corrected chi connectivity index (χ4v) is 1.99. The highest BCUT2D eigenvalue weighted by Gasteiger charge is 2.44. The highest BCUT2D eigenvalue weighted by molar-refractivity contribution is 6.06. The predicted molar refractivity (Wildman–Crippen MR) is 62.3 cm³/mol. The van der Waals surface area contributed by atoms with Gasteiger partial charge in [-0.05, 0) is 26.8 Å². The molecule has 0 saturated carbocycles. The quantitative estimate of drug-likeness (QED) is 0.707. The average Bonchev–Trinajstić information content (AvgIpc) is 2.41. The maximum absolute atomic E-state index is 12.2. The second-order valence-corrected chi connectivity index (χ2v) is 4.55. The highest BCUT2D eigenvalue weighted by Crippen LogP contribution is 2.39. The molecule has 0 saturated heterocycles. The van der Waals surface area contributed by atoms with Crippen molar-refractivity contribution in [1.82, 2.24) is 10.2 Å². The van der Waals surface area contributed by atoms with E-state index in [1.54, 1.807) is 11.0 Å². The van der Waals surface area contributed by atoms with Crippen LogP contribution in [0.2, 0.25) is 0 Å². The van der Waals surface area contributed by atoms with Gasteiger partial charge >= 0.3 is 0 Å². The number of hydrogen-bond donors (Lipinski definition) is 0. The van der Waals surface area contributed by atoms with Crippen LogP contribution in [0.4, 0.5) is 5.82 Å². The van der Waals surface area contributed by atoms with Crippen LogP contribution in [-0.4, -0.2) is 22.6 Å². The van der Waals surface area contributed by atoms with Crippen LogP contribution in [0.15, 0.2) is 18.7 Å². The van der Waals surface area contributed by atoms with Gasteiger partial charge in [-0.15, -0.1) is 11.7 Å². The van der Waals surface area contributed by atoms with Crippen LogP contribution >= 0.6 is 0 Å². The Morgan fingerprint density at radius 1 is 1.50 bits per heavy atom. The number of fused-ring (bicyclic) bond motifs is 1. The summed E-state index contributed by atoms with van der Waals surface area (Å²) in [6.07, 6.45) is 1.70. The van der Waals surface area contributed by atoms with Crippen LogP contribution in [0.25, 0.3) is 0 Å². The fraction of sp³-hybridized carbons (Fsp3) is 0.417. The topological polar surface area (TPSA) is 46.1 Å². The first kappa shape index (κ1) is 10.8. The first-order chi connectivity index (χ1) is 7.48. The Morgan fingerprint density at radius 3 is 2.81 bits per heavy atom. The summed E-state index contributed by atoms with van der Waals surface area (Å²) in [5.41, 5.74) is 1.27. The third kappa shape index (κ3) is 1.33. The van der Waals surface area contributed by atoms with Crippen molar-refractivity contribution >= 4 is 11.7 Å². The number of amides is 1. The van der Waals surface area contributed by atoms with E-state index in [9.17, 15) is 4.79 Å². The maximum atomic E-state index is 12.2. The summed E-state index contributed by atoms with van der Waals surface area (Å²) in [4.78, 5) is 13.8. The van der Waals surface area contributed by atoms with E-state index in [0.29, 0.717) is 12.4 Å². The predicted octanol–water partition coefficient (Wildman–Crippen LogP) is 1.60. The minimum absolute atomic E-state index is 0.0577. The number of anilines is 1. The summed E-state index contributed by atoms with van der Waals surface area (Å²) in [5, 5.41) is 8.12. The van der Waals surface area contributed by atoms with Crippen molar-refractivity contribution in [2.24, 2.45) is 0 Å². The molecule has 0 bridgehead atoms. The maximum Gasteiger partial charge on any atom is 0.238 e. The zero-order chi connectivity index (χ0) is 11.9. The van der Waals surface area contributed by atoms with Crippen LogP contribution in [-0.2, 0) is 10.2 Å². The molecule has 0 radical (unpaired) electrons. The molecule has 0 unspecified atom stereocenters. The molecule has 2 rings (SSSR count). The van der Waals surface area contributed by atoms with Crippen LogP contribution in [0.1, 0.15) is 25.1 Å². The lowest BCUT2D eigenvalue weighted by molar-refractivity contribution is -0.122. The summed E-state index contributed by atoms with van der Waals surface area (Å²) >= 11 is 0. The van der Waals surface area contributed by atoms with Crippen LogP contribution in [0, 0.1) is 6.92 Å². The zero-order valence-electron chi connectivity index (χ0n) is 9.82. The number of hydrogen-bond acceptors (Lipinski definition) is 3. The van der Waals surface area contributed by atoms with Crippen LogP contribution in [0.3, 0.4) is 0 Å². The average molecular weight is 217 g/mol. The Labute approximate surface area is 95.0 Å². The number of carbonyl (C=O) groups excluding carboxylic acids is 1. The van der Waals surface area contributed by atoms with Crippen molar-refractivity contribution in [3.8, 4) is 0 Å². The van der Waals surface area contributed by atoms with E-state index in [-0.39, 0.29) is 5.91 Å². The lowest BCUT2D eigenvalue weighted by Crippen LogP contribution is -2.36. The molecular weight excluding hydrogens is 202 g/mol. The van der Waals surface area contributed by atoms with E-state index in [2.05, 4.69) is 16.8 Å². The molecule has 4 heteroatoms. The van der Waals surface area contributed by atoms with E-state index >= 15 is 0 Å². The number of rotatable bonds is 2. The fourth-order valence-electron chi connectivity index (χ4n) is 1.99. The zero-order valence-corrected chi connectivity index (χ0v) is 9.82. The van der Waals surface area contributed by atoms with Crippen molar-refractivity contribution in [2.45, 2.75) is 26.2 Å². The summed E-state index contributed by atoms with van der Waals surface area (Å²) in [7, 11) is 0. The van der Waals surface area contributed by atoms with Gasteiger partial charge in [-0.3, -0.25) is 9.69 Å². The summed E-state index contributed by atoms with van der Waals surface area (Å²) in [6.45, 7) is 9.84. The molecule has 0 aromatic carbocycles. The molecule has 4 nitrogen and oxygen atoms in total. The van der Waals surface area contributed by atoms with Crippen LogP contribution < -0.4 is 4.90 Å². The molecule has 0 spiro atoms. The molecule has 0 fully saturated rings. The third-order valence-corrected chi connectivity index (χ3v) is 2.92. The van der Waals surface area contributed by atoms with Crippen molar-refractivity contribution in [3.05, 3.63) is 30.0 Å². The normalized spacial score (nSPS) is 17.4. The van der Waals surface area contributed by atoms with Crippen molar-refractivity contribution < 1.29 is 4.79 Å². The SMILES string of the molecule is C=CCN1C(=O)C(C)(C)c2cc(C)nnc21. The molecule has 1 aliphatic rings. The van der Waals surface area contributed by atoms with Gasteiger partial charge in [0, 0.05) is 12.1 Å². The molecule has 0 atom stereocenters. The molecule has 84 valence electrons. The first-order valence-corrected chi connectivity index (χ1v) is 5.26. The number of carbonyl (C=O) groups is 1. The van der Waals surface area contributed by atoms with Crippen molar-refractivity contribution in [3.63, 3.8) is 0 Å². The molecule has 1 amide bonds. The summed E-state index contributed by atoms with van der Waals surface area (Å²) in [6, 6.07) is 1.93. The van der Waals surface area contributed by atoms with Gasteiger partial charge in [0.05, 0.1) is 11.1 Å². The molecule has 1 aromatic rings. The van der Waals surface area contributed by atoms with Gasteiger partial charge in [0.1, 0.15) is 0 Å². The second-order valence-electron chi connectivity index (χ2n) is 4.55. The Hall–Kier alpha value is -1.71. The second kappa shape index (κ2) is 3.40. The highest BCUT2D eigenvalue weighted by atomic mass is 16.2. The lowest BCUT2D eigenvalue weighted by Gasteiger charge is -2.17. The summed E-state index contributed by atoms with van der Waals surface area (Å²) < 4.78 is 0. The molecule has 16 heavy (non-hydrogen) atoms. The van der Waals surface area contributed by atoms with Gasteiger partial charge < -0.3 is 0 Å². The molecule has 0 N–H and O–H groups in total. The molecular formula is C12H15N3O. The molecule has 2 heterocycles. The number of aromatic nitrogens is 2. The van der Waals surface area contributed by atoms with Crippen molar-refractivity contribution in [2.75, 3.05) is 11.4 Å². The van der Waals surface area contributed by atoms with E-state index in [1.165, 1.54) is 0 Å². The monoisotopic (exact) mass is 217 g/mol. The van der Waals surface area contributed by atoms with E-state index in [4.69, 9.17) is 0 Å². The van der Waals surface area contributed by atoms with Gasteiger partial charge in [0.15, 0.2) is 5.82 Å². The van der Waals surface area contributed by atoms with E-state index < -0.39 is 5.41 Å². The minimum Gasteiger partial charge on any atom is -0.290 e. The molecule has 1 aliphatic heterocycles. The van der Waals surface area contributed by atoms with E-state index in [0.717, 1.165) is 11.3 Å². The largest absolute Gasteiger partial charge is 0.290 e. The van der Waals surface area contributed by atoms with Gasteiger partial charge in [-0.1, -0.05) is 6.08 Å². The van der Waals surface area contributed by atoms with Gasteiger partial charge in [0.25, 0.3) is 0 Å². The standard InChI is InChI=1S/C12H15N3O/c1-5-6-15-10-9(7-8(2)13-14-10)12(3,4)11(15)16/h5,7H,1,6H2,2-4H3. The minimum atomic E-state index is -0.515. The molecule has 1 aromatic heterocycles. The Morgan fingerprint density at radius 2 is 2.19 bits per heavy atom. The Balaban J connectivity index is 2.60. The van der Waals surface area contributed by atoms with E-state index in [1.807, 2.05) is 26.8 Å². The smallest absolute Gasteiger partial charge is 0.238 e. The van der Waals surface area contributed by atoms with Crippen LogP contribution in [0.5, 0.6) is 0 Å². The Kier molecular flexibility index (Phi) is 2.30. The molecule has 0 aliphatic carbocycles. The van der Waals surface area contributed by atoms with Gasteiger partial charge in [-0.25, -0.2) is 0 Å². The van der Waals surface area contributed by atoms with Crippen molar-refractivity contribution in [1.29, 1.82) is 0 Å². The third-order valence-electron chi connectivity index (χ3n) is 2.92. The Bertz CT molecular complexity index is 465.